The molecule has 4 aromatic rings. The third-order valence-electron chi connectivity index (χ3n) is 4.26. The largest absolute Gasteiger partial charge is 0.416 e. The van der Waals surface area contributed by atoms with Crippen LogP contribution in [0.3, 0.4) is 0 Å². The maximum Gasteiger partial charge on any atom is 0.416 e. The second-order valence-corrected chi connectivity index (χ2v) is 6.29. The smallest absolute Gasteiger partial charge is 0.354 e. The summed E-state index contributed by atoms with van der Waals surface area (Å²) in [6, 6.07) is 8.41. The van der Waals surface area contributed by atoms with Crippen molar-refractivity contribution in [3.05, 3.63) is 54.4 Å². The molecule has 0 aliphatic rings. The van der Waals surface area contributed by atoms with E-state index in [2.05, 4.69) is 30.5 Å². The monoisotopic (exact) mass is 399 g/mol. The summed E-state index contributed by atoms with van der Waals surface area (Å²) in [5, 5.41) is 10.3. The van der Waals surface area contributed by atoms with Gasteiger partial charge in [0.05, 0.1) is 23.1 Å². The summed E-state index contributed by atoms with van der Waals surface area (Å²) in [5.41, 5.74) is 1.33. The fourth-order valence-electron chi connectivity index (χ4n) is 2.91. The average molecular weight is 399 g/mol. The minimum atomic E-state index is -4.47. The van der Waals surface area contributed by atoms with Crippen LogP contribution in [0.4, 0.5) is 19.1 Å². The highest BCUT2D eigenvalue weighted by molar-refractivity contribution is 5.89. The van der Waals surface area contributed by atoms with Gasteiger partial charge in [-0.2, -0.15) is 18.3 Å². The lowest BCUT2D eigenvalue weighted by Crippen LogP contribution is -2.05. The van der Waals surface area contributed by atoms with E-state index in [4.69, 9.17) is 1.37 Å². The minimum Gasteiger partial charge on any atom is -0.354 e. The predicted octanol–water partition coefficient (Wildman–Crippen LogP) is 4.92. The van der Waals surface area contributed by atoms with Gasteiger partial charge >= 0.3 is 6.18 Å². The van der Waals surface area contributed by atoms with Gasteiger partial charge in [0, 0.05) is 30.6 Å². The lowest BCUT2D eigenvalue weighted by Gasteiger charge is -2.12. The van der Waals surface area contributed by atoms with Crippen molar-refractivity contribution in [2.75, 3.05) is 11.8 Å². The van der Waals surface area contributed by atoms with Crippen molar-refractivity contribution in [2.24, 2.45) is 0 Å². The highest BCUT2D eigenvalue weighted by Gasteiger charge is 2.30. The number of hydrogen-bond donors (Lipinski definition) is 2. The molecular formula is C20H17F3N6. The Morgan fingerprint density at radius 3 is 2.83 bits per heavy atom. The quantitative estimate of drug-likeness (QED) is 0.498. The Balaban J connectivity index is 1.88. The lowest BCUT2D eigenvalue weighted by atomic mass is 10.0. The number of aromatic nitrogens is 5. The first kappa shape index (κ1) is 17.6. The molecule has 0 bridgehead atoms. The Morgan fingerprint density at radius 1 is 1.17 bits per heavy atom. The minimum absolute atomic E-state index is 0.261. The predicted molar refractivity (Wildman–Crippen MR) is 104 cm³/mol. The van der Waals surface area contributed by atoms with Crippen LogP contribution in [0.25, 0.3) is 33.5 Å². The first-order chi connectivity index (χ1) is 14.3. The highest BCUT2D eigenvalue weighted by atomic mass is 19.4. The number of rotatable bonds is 5. The van der Waals surface area contributed by atoms with Gasteiger partial charge in [-0.1, -0.05) is 19.1 Å². The molecule has 3 heterocycles. The van der Waals surface area contributed by atoms with Crippen molar-refractivity contribution >= 4 is 17.0 Å². The van der Waals surface area contributed by atoms with Gasteiger partial charge in [-0.3, -0.25) is 5.10 Å². The number of hydrogen-bond acceptors (Lipinski definition) is 5. The molecule has 0 amide bonds. The van der Waals surface area contributed by atoms with Gasteiger partial charge in [0.1, 0.15) is 0 Å². The van der Waals surface area contributed by atoms with Crippen LogP contribution in [0.5, 0.6) is 0 Å². The normalized spacial score (nSPS) is 13.3. The molecule has 1 unspecified atom stereocenters. The molecule has 0 aliphatic heterocycles. The summed E-state index contributed by atoms with van der Waals surface area (Å²) in [6.07, 6.45) is -0.795. The Labute approximate surface area is 165 Å². The molecule has 6 nitrogen and oxygen atoms in total. The van der Waals surface area contributed by atoms with Crippen LogP contribution >= 0.6 is 0 Å². The van der Waals surface area contributed by atoms with Crippen LogP contribution in [0.15, 0.2) is 48.8 Å². The number of aromatic amines is 1. The van der Waals surface area contributed by atoms with Gasteiger partial charge in [-0.25, -0.2) is 15.0 Å². The van der Waals surface area contributed by atoms with Gasteiger partial charge in [0.2, 0.25) is 5.95 Å². The third-order valence-corrected chi connectivity index (χ3v) is 4.26. The van der Waals surface area contributed by atoms with Gasteiger partial charge in [0.25, 0.3) is 0 Å². The van der Waals surface area contributed by atoms with Crippen LogP contribution < -0.4 is 5.32 Å². The fraction of sp³-hybridized carbons (Fsp3) is 0.200. The Kier molecular flexibility index (Phi) is 4.55. The maximum atomic E-state index is 13.2. The van der Waals surface area contributed by atoms with Crippen molar-refractivity contribution < 1.29 is 14.5 Å². The fourth-order valence-corrected chi connectivity index (χ4v) is 2.91. The van der Waals surface area contributed by atoms with Gasteiger partial charge in [0.15, 0.2) is 5.65 Å². The second-order valence-electron chi connectivity index (χ2n) is 6.29. The number of H-pyrrole nitrogens is 1. The number of nitrogens with one attached hydrogen (secondary N) is 2. The van der Waals surface area contributed by atoms with E-state index < -0.39 is 18.3 Å². The summed E-state index contributed by atoms with van der Waals surface area (Å²) in [4.78, 5) is 13.1. The van der Waals surface area contributed by atoms with Crippen LogP contribution in [-0.4, -0.2) is 31.7 Å². The summed E-state index contributed by atoms with van der Waals surface area (Å²) >= 11 is 0. The van der Waals surface area contributed by atoms with Gasteiger partial charge < -0.3 is 5.32 Å². The molecule has 1 atom stereocenters. The van der Waals surface area contributed by atoms with E-state index in [0.29, 0.717) is 40.0 Å². The first-order valence-corrected chi connectivity index (χ1v) is 8.89. The van der Waals surface area contributed by atoms with Crippen LogP contribution in [0, 0.1) is 0 Å². The number of nitrogens with zero attached hydrogens (tertiary/aromatic N) is 4. The molecule has 1 aromatic carbocycles. The molecule has 0 fully saturated rings. The molecule has 2 N–H and O–H groups in total. The summed E-state index contributed by atoms with van der Waals surface area (Å²) < 4.78 is 47.6. The third kappa shape index (κ3) is 3.89. The number of fused-ring (bicyclic) bond motifs is 1. The summed E-state index contributed by atoms with van der Waals surface area (Å²) in [5.74, 6) is 0.261. The topological polar surface area (TPSA) is 79.4 Å². The number of pyridine rings is 1. The summed E-state index contributed by atoms with van der Waals surface area (Å²) in [7, 11) is 0. The first-order valence-electron chi connectivity index (χ1n) is 9.47. The van der Waals surface area contributed by atoms with E-state index in [-0.39, 0.29) is 5.95 Å². The molecular weight excluding hydrogens is 381 g/mol. The molecule has 0 radical (unpaired) electrons. The molecule has 0 aliphatic carbocycles. The van der Waals surface area contributed by atoms with Crippen molar-refractivity contribution in [1.82, 2.24) is 25.1 Å². The Bertz CT molecular complexity index is 1190. The van der Waals surface area contributed by atoms with E-state index in [9.17, 15) is 13.2 Å². The van der Waals surface area contributed by atoms with Crippen LogP contribution in [-0.2, 0) is 6.18 Å². The van der Waals surface area contributed by atoms with Crippen LogP contribution in [0.1, 0.15) is 20.3 Å². The number of benzene rings is 1. The summed E-state index contributed by atoms with van der Waals surface area (Å²) in [6.45, 7) is 1.29. The molecule has 4 rings (SSSR count). The zero-order valence-corrected chi connectivity index (χ0v) is 15.3. The standard InChI is InChI=1S/C20H17F3N6/c1-2-7-24-19-25-8-6-16(27-19)15-10-13-11-26-29-18(13)28-17(15)12-4-3-5-14(9-12)20(21,22)23/h3-6,8-11H,2,7H2,1H3,(H,24,25,27)(H,26,28,29)/i7D. The molecule has 0 saturated carbocycles. The van der Waals surface area contributed by atoms with Crippen LogP contribution in [0.2, 0.25) is 0 Å². The van der Waals surface area contributed by atoms with Gasteiger partial charge in [-0.15, -0.1) is 0 Å². The molecule has 0 saturated heterocycles. The SMILES string of the molecule is [2H]C(CC)Nc1nccc(-c2cc3cn[nH]c3nc2-c2cccc(C(F)(F)F)c2)n1. The zero-order chi connectivity index (χ0) is 21.3. The Morgan fingerprint density at radius 2 is 2.03 bits per heavy atom. The molecule has 0 spiro atoms. The van der Waals surface area contributed by atoms with Crippen molar-refractivity contribution in [3.63, 3.8) is 0 Å². The van der Waals surface area contributed by atoms with Crippen molar-refractivity contribution in [3.8, 4) is 22.5 Å². The lowest BCUT2D eigenvalue weighted by molar-refractivity contribution is -0.137. The molecule has 3 aromatic heterocycles. The zero-order valence-electron chi connectivity index (χ0n) is 16.3. The van der Waals surface area contributed by atoms with E-state index >= 15 is 0 Å². The van der Waals surface area contributed by atoms with E-state index in [1.54, 1.807) is 24.4 Å². The second kappa shape index (κ2) is 7.50. The molecule has 9 heteroatoms. The van der Waals surface area contributed by atoms with E-state index in [1.807, 2.05) is 6.92 Å². The Hall–Kier alpha value is -3.49. The van der Waals surface area contributed by atoms with E-state index in [0.717, 1.165) is 12.1 Å². The molecule has 29 heavy (non-hydrogen) atoms. The van der Waals surface area contributed by atoms with Gasteiger partial charge in [-0.05, 0) is 30.7 Å². The maximum absolute atomic E-state index is 13.2. The highest BCUT2D eigenvalue weighted by Crippen LogP contribution is 2.36. The number of anilines is 1. The average Bonchev–Trinajstić information content (AvgIpc) is 3.20. The number of halogens is 3. The molecule has 148 valence electrons. The van der Waals surface area contributed by atoms with Crippen molar-refractivity contribution in [1.29, 1.82) is 0 Å². The van der Waals surface area contributed by atoms with Crippen molar-refractivity contribution in [2.45, 2.75) is 19.5 Å². The number of alkyl halides is 3. The van der Waals surface area contributed by atoms with E-state index in [1.165, 1.54) is 12.3 Å².